The van der Waals surface area contributed by atoms with Gasteiger partial charge in [0, 0.05) is 57.7 Å². The number of nitrogens with zero attached hydrogens (tertiary/aromatic N) is 5. The van der Waals surface area contributed by atoms with Crippen LogP contribution in [0.25, 0.3) is 6.08 Å². The highest BCUT2D eigenvalue weighted by molar-refractivity contribution is 5.91. The molecule has 4 heterocycles. The predicted molar refractivity (Wildman–Crippen MR) is 128 cm³/mol. The summed E-state index contributed by atoms with van der Waals surface area (Å²) in [6.07, 6.45) is 8.82. The first kappa shape index (κ1) is 23.6. The summed E-state index contributed by atoms with van der Waals surface area (Å²) in [6, 6.07) is 3.95. The summed E-state index contributed by atoms with van der Waals surface area (Å²) in [4.78, 5) is 28.7. The van der Waals surface area contributed by atoms with E-state index in [2.05, 4.69) is 25.2 Å². The predicted octanol–water partition coefficient (Wildman–Crippen LogP) is 1.62. The van der Waals surface area contributed by atoms with E-state index in [0.29, 0.717) is 36.7 Å². The number of hydrogen-bond donors (Lipinski definition) is 1. The number of pyridine rings is 1. The van der Waals surface area contributed by atoms with E-state index in [1.54, 1.807) is 18.5 Å². The van der Waals surface area contributed by atoms with Crippen LogP contribution in [0.1, 0.15) is 12.0 Å². The lowest BCUT2D eigenvalue weighted by Gasteiger charge is -2.26. The van der Waals surface area contributed by atoms with Crippen LogP contribution >= 0.6 is 0 Å². The zero-order chi connectivity index (χ0) is 24.0. The summed E-state index contributed by atoms with van der Waals surface area (Å²) in [5, 5.41) is 2.95. The fraction of sp³-hybridized carbons (Fsp3) is 0.520. The zero-order valence-electron chi connectivity index (χ0n) is 19.7. The van der Waals surface area contributed by atoms with Crippen LogP contribution < -0.4 is 15.0 Å². The molecule has 9 nitrogen and oxygen atoms in total. The fourth-order valence-electron chi connectivity index (χ4n) is 5.04. The van der Waals surface area contributed by atoms with Crippen molar-refractivity contribution in [3.05, 3.63) is 48.2 Å². The van der Waals surface area contributed by atoms with Crippen LogP contribution in [0.5, 0.6) is 6.01 Å². The summed E-state index contributed by atoms with van der Waals surface area (Å²) >= 11 is 0. The Hall–Kier alpha value is -3.11. The molecule has 3 fully saturated rings. The van der Waals surface area contributed by atoms with Crippen molar-refractivity contribution in [3.8, 4) is 6.01 Å². The van der Waals surface area contributed by atoms with Crippen LogP contribution in [0.2, 0.25) is 0 Å². The van der Waals surface area contributed by atoms with E-state index in [1.807, 2.05) is 17.0 Å². The van der Waals surface area contributed by atoms with E-state index in [9.17, 15) is 9.18 Å². The van der Waals surface area contributed by atoms with Crippen molar-refractivity contribution in [2.24, 2.45) is 17.8 Å². The number of rotatable bonds is 10. The number of hydrogen-bond acceptors (Lipinski definition) is 8. The van der Waals surface area contributed by atoms with E-state index < -0.39 is 5.82 Å². The van der Waals surface area contributed by atoms with Gasteiger partial charge in [0.25, 0.3) is 0 Å². The molecule has 2 saturated heterocycles. The average molecular weight is 483 g/mol. The number of anilines is 1. The molecule has 2 aliphatic heterocycles. The molecule has 1 aliphatic carbocycles. The van der Waals surface area contributed by atoms with E-state index >= 15 is 0 Å². The smallest absolute Gasteiger partial charge is 0.318 e. The lowest BCUT2D eigenvalue weighted by molar-refractivity contribution is -0.116. The quantitative estimate of drug-likeness (QED) is 0.511. The second-order valence-corrected chi connectivity index (χ2v) is 9.22. The number of piperidine rings is 1. The van der Waals surface area contributed by atoms with Crippen molar-refractivity contribution in [3.63, 3.8) is 0 Å². The van der Waals surface area contributed by atoms with Gasteiger partial charge in [0.1, 0.15) is 6.61 Å². The minimum Gasteiger partial charge on any atom is -0.462 e. The molecule has 1 saturated carbocycles. The standard InChI is InChI=1S/C25H31FN6O3/c26-22-15-29-25(35-13-10-31-8-11-34-12-9-31)30-24(22)32-16-20-19(21(20)17-32)5-7-28-23(33)4-3-18-2-1-6-27-14-18/h1-4,6,14-15,19-21H,5,7-13,16-17H2,(H,28,33)/b4-3+/t19-,20-,21+. The first-order valence-electron chi connectivity index (χ1n) is 12.2. The van der Waals surface area contributed by atoms with Crippen molar-refractivity contribution in [1.82, 2.24) is 25.2 Å². The molecule has 0 bridgehead atoms. The maximum absolute atomic E-state index is 14.5. The first-order chi connectivity index (χ1) is 17.2. The highest BCUT2D eigenvalue weighted by atomic mass is 19.1. The van der Waals surface area contributed by atoms with Gasteiger partial charge in [-0.25, -0.2) is 9.37 Å². The van der Waals surface area contributed by atoms with Gasteiger partial charge in [0.15, 0.2) is 11.6 Å². The highest BCUT2D eigenvalue weighted by Crippen LogP contribution is 2.54. The summed E-state index contributed by atoms with van der Waals surface area (Å²) in [6.45, 7) is 6.67. The number of morpholine rings is 1. The van der Waals surface area contributed by atoms with Gasteiger partial charge in [0.2, 0.25) is 5.91 Å². The first-order valence-corrected chi connectivity index (χ1v) is 12.2. The van der Waals surface area contributed by atoms with E-state index in [4.69, 9.17) is 9.47 Å². The molecule has 10 heteroatoms. The average Bonchev–Trinajstić information content (AvgIpc) is 3.32. The van der Waals surface area contributed by atoms with Crippen molar-refractivity contribution in [2.45, 2.75) is 6.42 Å². The van der Waals surface area contributed by atoms with Gasteiger partial charge in [-0.15, -0.1) is 0 Å². The number of aromatic nitrogens is 3. The molecule has 0 aromatic carbocycles. The molecule has 3 atom stereocenters. The summed E-state index contributed by atoms with van der Waals surface area (Å²) in [5.41, 5.74) is 0.891. The second kappa shape index (κ2) is 11.1. The van der Waals surface area contributed by atoms with Crippen molar-refractivity contribution < 1.29 is 18.7 Å². The Morgan fingerprint density at radius 2 is 2.09 bits per heavy atom. The Morgan fingerprint density at radius 3 is 2.86 bits per heavy atom. The van der Waals surface area contributed by atoms with Crippen LogP contribution in [0, 0.1) is 23.6 Å². The molecule has 3 aliphatic rings. The Morgan fingerprint density at radius 1 is 1.26 bits per heavy atom. The van der Waals surface area contributed by atoms with Crippen molar-refractivity contribution in [2.75, 3.05) is 64.0 Å². The Bertz CT molecular complexity index is 1020. The normalized spacial score (nSPS) is 23.9. The molecule has 186 valence electrons. The summed E-state index contributed by atoms with van der Waals surface area (Å²) in [7, 11) is 0. The van der Waals surface area contributed by atoms with Crippen LogP contribution in [0.3, 0.4) is 0 Å². The molecule has 35 heavy (non-hydrogen) atoms. The fourth-order valence-corrected chi connectivity index (χ4v) is 5.04. The Balaban J connectivity index is 1.03. The lowest BCUT2D eigenvalue weighted by Crippen LogP contribution is -2.38. The topological polar surface area (TPSA) is 92.7 Å². The van der Waals surface area contributed by atoms with Gasteiger partial charge in [-0.05, 0) is 41.9 Å². The van der Waals surface area contributed by atoms with Gasteiger partial charge >= 0.3 is 6.01 Å². The number of carbonyl (C=O) groups excluding carboxylic acids is 1. The van der Waals surface area contributed by atoms with Crippen LogP contribution in [0.15, 0.2) is 36.8 Å². The molecular weight excluding hydrogens is 451 g/mol. The summed E-state index contributed by atoms with van der Waals surface area (Å²) in [5.74, 6) is 1.38. The van der Waals surface area contributed by atoms with Crippen molar-refractivity contribution >= 4 is 17.8 Å². The lowest BCUT2D eigenvalue weighted by atomic mass is 10.2. The number of carbonyl (C=O) groups is 1. The molecule has 0 unspecified atom stereocenters. The third-order valence-corrected chi connectivity index (χ3v) is 7.01. The molecule has 1 N–H and O–H groups in total. The minimum atomic E-state index is -0.420. The molecule has 0 radical (unpaired) electrons. The molecule has 2 aromatic rings. The van der Waals surface area contributed by atoms with Gasteiger partial charge in [-0.3, -0.25) is 14.7 Å². The Labute approximate surface area is 204 Å². The largest absolute Gasteiger partial charge is 0.462 e. The van der Waals surface area contributed by atoms with Crippen LogP contribution in [-0.2, 0) is 9.53 Å². The monoisotopic (exact) mass is 482 g/mol. The van der Waals surface area contributed by atoms with Gasteiger partial charge in [-0.1, -0.05) is 6.07 Å². The maximum Gasteiger partial charge on any atom is 0.318 e. The number of nitrogens with one attached hydrogen (secondary N) is 1. The highest BCUT2D eigenvalue weighted by Gasteiger charge is 2.55. The SMILES string of the molecule is O=C(/C=C/c1cccnc1)NCC[C@@H]1[C@H]2CN(c3nc(OCCN4CCOCC4)ncc3F)C[C@@H]12. The third kappa shape index (κ3) is 6.12. The molecule has 0 spiro atoms. The van der Waals surface area contributed by atoms with E-state index in [1.165, 1.54) is 12.3 Å². The summed E-state index contributed by atoms with van der Waals surface area (Å²) < 4.78 is 25.5. The number of halogens is 1. The molecule has 5 rings (SSSR count). The van der Waals surface area contributed by atoms with Gasteiger partial charge in [-0.2, -0.15) is 4.98 Å². The second-order valence-electron chi connectivity index (χ2n) is 9.22. The molecule has 1 amide bonds. The molecule has 2 aromatic heterocycles. The third-order valence-electron chi connectivity index (χ3n) is 7.01. The van der Waals surface area contributed by atoms with Gasteiger partial charge < -0.3 is 19.7 Å². The maximum atomic E-state index is 14.5. The zero-order valence-corrected chi connectivity index (χ0v) is 19.7. The number of fused-ring (bicyclic) bond motifs is 1. The van der Waals surface area contributed by atoms with E-state index in [-0.39, 0.29) is 11.9 Å². The number of amides is 1. The van der Waals surface area contributed by atoms with Crippen LogP contribution in [0.4, 0.5) is 10.2 Å². The van der Waals surface area contributed by atoms with Crippen molar-refractivity contribution in [1.29, 1.82) is 0 Å². The van der Waals surface area contributed by atoms with Gasteiger partial charge in [0.05, 0.1) is 19.4 Å². The molecular formula is C25H31FN6O3. The Kier molecular flexibility index (Phi) is 7.48. The van der Waals surface area contributed by atoms with E-state index in [0.717, 1.165) is 57.9 Å². The van der Waals surface area contributed by atoms with Crippen LogP contribution in [-0.4, -0.2) is 84.8 Å². The number of ether oxygens (including phenoxy) is 2. The minimum absolute atomic E-state index is 0.106.